The summed E-state index contributed by atoms with van der Waals surface area (Å²) in [7, 11) is 0. The van der Waals surface area contributed by atoms with Crippen molar-refractivity contribution in [2.45, 2.75) is 100 Å². The molecular weight excluding hydrogens is 462 g/mol. The summed E-state index contributed by atoms with van der Waals surface area (Å²) in [4.78, 5) is 24.6. The molecule has 11 heteroatoms. The Balaban J connectivity index is 1.33. The van der Waals surface area contributed by atoms with Gasteiger partial charge in [0.05, 0.1) is 5.60 Å². The maximum Gasteiger partial charge on any atom is 0.415 e. The van der Waals surface area contributed by atoms with Gasteiger partial charge in [-0.3, -0.25) is 0 Å². The van der Waals surface area contributed by atoms with Crippen molar-refractivity contribution in [3.63, 3.8) is 0 Å². The van der Waals surface area contributed by atoms with Gasteiger partial charge in [0, 0.05) is 0 Å². The number of carbonyl (C=O) groups excluding carboxylic acids is 2. The highest BCUT2D eigenvalue weighted by Gasteiger charge is 2.59. The number of hydrogen-bond acceptors (Lipinski definition) is 9. The zero-order valence-corrected chi connectivity index (χ0v) is 19.6. The zero-order chi connectivity index (χ0) is 23.7. The highest BCUT2D eigenvalue weighted by molar-refractivity contribution is 7.96. The van der Waals surface area contributed by atoms with Crippen molar-refractivity contribution in [1.82, 2.24) is 0 Å². The van der Waals surface area contributed by atoms with E-state index in [1.54, 1.807) is 0 Å². The Bertz CT molecular complexity index is 713. The summed E-state index contributed by atoms with van der Waals surface area (Å²) in [5.74, 6) is -1.92. The molecule has 0 saturated heterocycles. The lowest BCUT2D eigenvalue weighted by atomic mass is 9.53. The molecule has 8 nitrogen and oxygen atoms in total. The van der Waals surface area contributed by atoms with Crippen molar-refractivity contribution < 1.29 is 47.2 Å². The third-order valence-corrected chi connectivity index (χ3v) is 8.52. The molecule has 5 rings (SSSR count). The van der Waals surface area contributed by atoms with E-state index in [9.17, 15) is 18.4 Å². The molecule has 4 bridgehead atoms. The minimum Gasteiger partial charge on any atom is -0.457 e. The average molecular weight is 495 g/mol. The van der Waals surface area contributed by atoms with Gasteiger partial charge >= 0.3 is 17.2 Å². The number of hydrogen-bond donors (Lipinski definition) is 1. The zero-order valence-electron chi connectivity index (χ0n) is 18.8. The van der Waals surface area contributed by atoms with Crippen LogP contribution in [0, 0.1) is 17.8 Å². The van der Waals surface area contributed by atoms with Gasteiger partial charge in [-0.05, 0) is 82.0 Å². The predicted octanol–water partition coefficient (Wildman–Crippen LogP) is 4.81. The average Bonchev–Trinajstić information content (AvgIpc) is 2.79. The highest BCUT2D eigenvalue weighted by Crippen LogP contribution is 2.58. The summed E-state index contributed by atoms with van der Waals surface area (Å²) in [6.07, 6.45) is 8.71. The Morgan fingerprint density at radius 3 is 2.36 bits per heavy atom. The number of alkyl halides is 2. The number of esters is 2. The summed E-state index contributed by atoms with van der Waals surface area (Å²) in [5, 5.41) is 7.20. The lowest BCUT2D eigenvalue weighted by Gasteiger charge is -2.58. The number of carbonyl (C=O) groups is 2. The Labute approximate surface area is 196 Å². The van der Waals surface area contributed by atoms with Crippen molar-refractivity contribution in [2.75, 3.05) is 6.61 Å². The Hall–Kier alpha value is -1.01. The van der Waals surface area contributed by atoms with Gasteiger partial charge in [0.2, 0.25) is 0 Å². The fourth-order valence-corrected chi connectivity index (χ4v) is 7.00. The highest BCUT2D eigenvalue weighted by atomic mass is 32.2. The van der Waals surface area contributed by atoms with Crippen molar-refractivity contribution in [2.24, 2.45) is 17.8 Å². The molecule has 33 heavy (non-hydrogen) atoms. The molecule has 0 amide bonds. The molecule has 0 aromatic heterocycles. The first-order valence-electron chi connectivity index (χ1n) is 11.8. The van der Waals surface area contributed by atoms with Gasteiger partial charge in [-0.1, -0.05) is 18.4 Å². The normalized spacial score (nSPS) is 34.8. The van der Waals surface area contributed by atoms with Crippen LogP contribution in [-0.4, -0.2) is 46.4 Å². The maximum atomic E-state index is 13.9. The predicted molar refractivity (Wildman–Crippen MR) is 112 cm³/mol. The lowest BCUT2D eigenvalue weighted by Crippen LogP contribution is -2.59. The second kappa shape index (κ2) is 9.93. The topological polar surface area (TPSA) is 101 Å². The molecular formula is C22H32F2O8S. The van der Waals surface area contributed by atoms with Crippen LogP contribution in [0.5, 0.6) is 0 Å². The van der Waals surface area contributed by atoms with Crippen LogP contribution in [0.4, 0.5) is 8.78 Å². The molecule has 5 aliphatic rings. The van der Waals surface area contributed by atoms with Crippen molar-refractivity contribution >= 4 is 24.0 Å². The molecule has 0 aromatic rings. The van der Waals surface area contributed by atoms with Gasteiger partial charge in [0.1, 0.15) is 30.4 Å². The van der Waals surface area contributed by atoms with Crippen LogP contribution < -0.4 is 0 Å². The molecule has 0 radical (unpaired) electrons. The number of ether oxygens (including phenoxy) is 3. The number of halogens is 2. The molecule has 1 N–H and O–H groups in total. The van der Waals surface area contributed by atoms with Gasteiger partial charge < -0.3 is 14.2 Å². The van der Waals surface area contributed by atoms with Crippen LogP contribution in [0.3, 0.4) is 0 Å². The molecule has 0 aromatic carbocycles. The summed E-state index contributed by atoms with van der Waals surface area (Å²) in [5.41, 5.74) is -0.886. The van der Waals surface area contributed by atoms with Crippen LogP contribution >= 0.6 is 12.0 Å². The summed E-state index contributed by atoms with van der Waals surface area (Å²) < 4.78 is 48.7. The van der Waals surface area contributed by atoms with Gasteiger partial charge in [-0.25, -0.2) is 14.8 Å². The SMILES string of the molecule is CCC1(OC(=O)COC23CC4CC(C2)C(OC(=O)C(F)(F)SOOO)C(C4)C3)CCCCC1. The van der Waals surface area contributed by atoms with Gasteiger partial charge in [-0.2, -0.15) is 8.78 Å². The largest absolute Gasteiger partial charge is 0.457 e. The van der Waals surface area contributed by atoms with Crippen LogP contribution in [0.1, 0.15) is 77.6 Å². The van der Waals surface area contributed by atoms with E-state index >= 15 is 0 Å². The first kappa shape index (κ1) is 25.1. The Morgan fingerprint density at radius 2 is 1.76 bits per heavy atom. The van der Waals surface area contributed by atoms with Gasteiger partial charge in [0.25, 0.3) is 0 Å². The lowest BCUT2D eigenvalue weighted by molar-refractivity contribution is -0.433. The van der Waals surface area contributed by atoms with E-state index in [4.69, 9.17) is 19.5 Å². The van der Waals surface area contributed by atoms with E-state index < -0.39 is 35.0 Å². The van der Waals surface area contributed by atoms with E-state index in [-0.39, 0.29) is 30.0 Å². The standard InChI is InChI=1S/C22H32F2O8S/c1-2-20(6-4-3-5-7-20)30-17(25)13-28-21-10-14-8-15(11-21)18(16(9-14)12-21)29-19(26)22(23,24)33-32-31-27/h14-16,18,27H,2-13H2,1H3. The Morgan fingerprint density at radius 1 is 1.09 bits per heavy atom. The van der Waals surface area contributed by atoms with E-state index in [1.807, 2.05) is 6.92 Å². The van der Waals surface area contributed by atoms with Crippen molar-refractivity contribution in [1.29, 1.82) is 0 Å². The van der Waals surface area contributed by atoms with E-state index in [0.29, 0.717) is 18.8 Å². The molecule has 5 aliphatic carbocycles. The first-order chi connectivity index (χ1) is 15.7. The van der Waals surface area contributed by atoms with Crippen LogP contribution in [0.25, 0.3) is 0 Å². The van der Waals surface area contributed by atoms with Crippen molar-refractivity contribution in [3.8, 4) is 0 Å². The fraction of sp³-hybridized carbons (Fsp3) is 0.909. The molecule has 5 fully saturated rings. The minimum atomic E-state index is -4.01. The molecule has 5 saturated carbocycles. The molecule has 2 unspecified atom stereocenters. The van der Waals surface area contributed by atoms with Crippen LogP contribution in [0.2, 0.25) is 0 Å². The van der Waals surface area contributed by atoms with E-state index in [0.717, 1.165) is 51.4 Å². The summed E-state index contributed by atoms with van der Waals surface area (Å²) >= 11 is -0.617. The second-order valence-corrected chi connectivity index (χ2v) is 10.9. The van der Waals surface area contributed by atoms with E-state index in [1.165, 1.54) is 6.42 Å². The van der Waals surface area contributed by atoms with Gasteiger partial charge in [-0.15, -0.1) is 4.33 Å². The molecule has 188 valence electrons. The quantitative estimate of drug-likeness (QED) is 0.198. The first-order valence-corrected chi connectivity index (χ1v) is 12.5. The third-order valence-electron chi connectivity index (χ3n) is 8.02. The summed E-state index contributed by atoms with van der Waals surface area (Å²) in [6, 6.07) is 0. The summed E-state index contributed by atoms with van der Waals surface area (Å²) in [6.45, 7) is 1.93. The maximum absolute atomic E-state index is 13.9. The molecule has 0 heterocycles. The number of rotatable bonds is 10. The molecule has 2 atom stereocenters. The molecule has 0 aliphatic heterocycles. The Kier molecular flexibility index (Phi) is 7.55. The fourth-order valence-electron chi connectivity index (χ4n) is 6.76. The smallest absolute Gasteiger partial charge is 0.415 e. The monoisotopic (exact) mass is 494 g/mol. The van der Waals surface area contributed by atoms with Crippen LogP contribution in [0.15, 0.2) is 0 Å². The minimum absolute atomic E-state index is 0.104. The second-order valence-electron chi connectivity index (χ2n) is 10.1. The van der Waals surface area contributed by atoms with Crippen LogP contribution in [-0.2, 0) is 33.2 Å². The molecule has 0 spiro atoms. The van der Waals surface area contributed by atoms with Gasteiger partial charge in [0.15, 0.2) is 0 Å². The van der Waals surface area contributed by atoms with E-state index in [2.05, 4.69) is 9.37 Å². The van der Waals surface area contributed by atoms with Crippen molar-refractivity contribution in [3.05, 3.63) is 0 Å². The third kappa shape index (κ3) is 5.47.